The number of Topliss-reactive ketones (excluding diaryl/α,β-unsaturated/α-hetero) is 1. The molecule has 4 heterocycles. The highest BCUT2D eigenvalue weighted by atomic mass is 79.9. The number of phenolic OH excluding ortho intramolecular Hbond substituents is 1. The third-order valence-corrected chi connectivity index (χ3v) is 15.3. The minimum atomic E-state index is -5.09. The number of ketones is 1. The van der Waals surface area contributed by atoms with Gasteiger partial charge in [-0.2, -0.15) is 8.42 Å². The first-order valence-electron chi connectivity index (χ1n) is 27.0. The van der Waals surface area contributed by atoms with Gasteiger partial charge in [0.25, 0.3) is 11.8 Å². The van der Waals surface area contributed by atoms with Gasteiger partial charge in [0.15, 0.2) is 6.10 Å². The van der Waals surface area contributed by atoms with Crippen molar-refractivity contribution in [3.8, 4) is 5.75 Å². The number of aromatic hydroxyl groups is 1. The maximum absolute atomic E-state index is 14.9. The molecular weight excluding hydrogens is 1130 g/mol. The lowest BCUT2D eigenvalue weighted by atomic mass is 9.95. The fourth-order valence-corrected chi connectivity index (χ4v) is 10.5. The third-order valence-electron chi connectivity index (χ3n) is 14.2. The van der Waals surface area contributed by atoms with Gasteiger partial charge in [0.1, 0.15) is 54.0 Å². The SMILES string of the molecule is CCC[C@H](NC(=O)[C@@H](NC(=O)[C@@H](OS(=O)(=O)O)[C@@H](C)CC)C(C)CC)C(=O)N[C@H]1CCCNC(=O)C(Cc2c(Br)[nH]c3ccc(O)cc23)NC(=O)/C=C/c2coc(n2)[C@H](C)NC(=O)C(=O)[C@H](CC(C)C)NC(=O)[C@@H]2CCCN2C1=O. The molecule has 0 aliphatic carbocycles. The van der Waals surface area contributed by atoms with Crippen LogP contribution in [-0.4, -0.2) is 141 Å². The summed E-state index contributed by atoms with van der Waals surface area (Å²) in [6.45, 7) is 13.4. The van der Waals surface area contributed by atoms with Gasteiger partial charge in [-0.25, -0.2) is 9.17 Å². The molecule has 0 spiro atoms. The molecule has 2 unspecified atom stereocenters. The largest absolute Gasteiger partial charge is 0.508 e. The average molecular weight is 1200 g/mol. The number of phenols is 1. The van der Waals surface area contributed by atoms with E-state index in [1.54, 1.807) is 47.6 Å². The molecule has 1 fully saturated rings. The molecule has 0 radical (unpaired) electrons. The number of benzene rings is 1. The van der Waals surface area contributed by atoms with Crippen LogP contribution in [0.3, 0.4) is 0 Å². The molecule has 2 aliphatic rings. The van der Waals surface area contributed by atoms with Crippen molar-refractivity contribution in [1.29, 1.82) is 0 Å². The van der Waals surface area contributed by atoms with E-state index in [-0.39, 0.29) is 81.3 Å². The zero-order chi connectivity index (χ0) is 59.2. The number of rotatable bonds is 18. The maximum Gasteiger partial charge on any atom is 0.398 e. The summed E-state index contributed by atoms with van der Waals surface area (Å²) in [5, 5.41) is 29.7. The number of nitrogens with zero attached hydrogens (tertiary/aromatic N) is 2. The predicted molar refractivity (Wildman–Crippen MR) is 295 cm³/mol. The number of halogens is 1. The van der Waals surface area contributed by atoms with Crippen LogP contribution in [0.4, 0.5) is 0 Å². The number of nitrogens with one attached hydrogen (secondary N) is 8. The van der Waals surface area contributed by atoms with Gasteiger partial charge in [0.05, 0.1) is 10.6 Å². The number of H-pyrrole nitrogens is 1. The zero-order valence-corrected chi connectivity index (χ0v) is 48.6. The van der Waals surface area contributed by atoms with E-state index in [0.29, 0.717) is 40.3 Å². The molecular formula is C53H75BrN10O15S. The van der Waals surface area contributed by atoms with Crippen LogP contribution < -0.4 is 37.2 Å². The first kappa shape index (κ1) is 64.1. The average Bonchev–Trinajstić information content (AvgIpc) is 4.17. The smallest absolute Gasteiger partial charge is 0.398 e. The Morgan fingerprint density at radius 2 is 1.61 bits per heavy atom. The number of carbonyl (C=O) groups is 9. The molecule has 1 saturated heterocycles. The van der Waals surface area contributed by atoms with Crippen molar-refractivity contribution in [2.45, 2.75) is 168 Å². The fourth-order valence-electron chi connectivity index (χ4n) is 9.40. The molecule has 10 atom stereocenters. The summed E-state index contributed by atoms with van der Waals surface area (Å²) >= 11 is 3.50. The molecule has 0 saturated carbocycles. The van der Waals surface area contributed by atoms with E-state index in [9.17, 15) is 61.2 Å². The predicted octanol–water partition coefficient (Wildman–Crippen LogP) is 3.08. The van der Waals surface area contributed by atoms with Crippen molar-refractivity contribution in [1.82, 2.24) is 52.1 Å². The number of fused-ring (bicyclic) bond motifs is 4. The molecule has 27 heteroatoms. The van der Waals surface area contributed by atoms with E-state index >= 15 is 0 Å². The van der Waals surface area contributed by atoms with Gasteiger partial charge in [-0.15, -0.1) is 0 Å². The van der Waals surface area contributed by atoms with Crippen molar-refractivity contribution >= 4 is 96.3 Å². The lowest BCUT2D eigenvalue weighted by Gasteiger charge is -2.31. The van der Waals surface area contributed by atoms with Gasteiger partial charge in [-0.3, -0.25) is 47.7 Å². The molecule has 8 amide bonds. The minimum absolute atomic E-state index is 0.0130. The molecule has 80 heavy (non-hydrogen) atoms. The molecule has 3 aromatic rings. The van der Waals surface area contributed by atoms with E-state index in [1.807, 2.05) is 0 Å². The van der Waals surface area contributed by atoms with Crippen LogP contribution in [0.1, 0.15) is 136 Å². The first-order valence-corrected chi connectivity index (χ1v) is 29.1. The molecule has 10 N–H and O–H groups in total. The maximum atomic E-state index is 14.9. The minimum Gasteiger partial charge on any atom is -0.508 e. The van der Waals surface area contributed by atoms with E-state index in [0.717, 1.165) is 6.08 Å². The summed E-state index contributed by atoms with van der Waals surface area (Å²) < 4.78 is 43.7. The van der Waals surface area contributed by atoms with Crippen LogP contribution in [0.5, 0.6) is 5.75 Å². The quantitative estimate of drug-likeness (QED) is 0.0646. The summed E-state index contributed by atoms with van der Waals surface area (Å²) in [4.78, 5) is 135. The van der Waals surface area contributed by atoms with E-state index in [2.05, 4.69) is 63.1 Å². The summed E-state index contributed by atoms with van der Waals surface area (Å²) in [7, 11) is -5.09. The lowest BCUT2D eigenvalue weighted by Crippen LogP contribution is -2.60. The number of carbonyl (C=O) groups excluding carboxylic acids is 9. The van der Waals surface area contributed by atoms with Crippen molar-refractivity contribution in [3.63, 3.8) is 0 Å². The van der Waals surface area contributed by atoms with Crippen molar-refractivity contribution in [3.05, 3.63) is 52.3 Å². The Bertz CT molecular complexity index is 2890. The van der Waals surface area contributed by atoms with Crippen LogP contribution in [0.2, 0.25) is 0 Å². The van der Waals surface area contributed by atoms with E-state index in [1.165, 1.54) is 43.2 Å². The molecule has 440 valence electrons. The fraction of sp³-hybridized carbons (Fsp3) is 0.585. The summed E-state index contributed by atoms with van der Waals surface area (Å²) in [6, 6.07) is -4.06. The van der Waals surface area contributed by atoms with Gasteiger partial charge < -0.3 is 56.6 Å². The Hall–Kier alpha value is -6.71. The van der Waals surface area contributed by atoms with Crippen LogP contribution in [-0.2, 0) is 64.2 Å². The number of aromatic nitrogens is 2. The monoisotopic (exact) mass is 1200 g/mol. The Labute approximate surface area is 473 Å². The molecule has 5 rings (SSSR count). The molecule has 2 aromatic heterocycles. The van der Waals surface area contributed by atoms with Crippen LogP contribution >= 0.6 is 15.9 Å². The number of hydrogen-bond donors (Lipinski definition) is 10. The molecule has 2 bridgehead atoms. The Balaban J connectivity index is 1.48. The number of oxazole rings is 1. The van der Waals surface area contributed by atoms with Gasteiger partial charge in [-0.1, -0.05) is 67.7 Å². The van der Waals surface area contributed by atoms with Crippen LogP contribution in [0, 0.1) is 17.8 Å². The van der Waals surface area contributed by atoms with E-state index < -0.39 is 124 Å². The van der Waals surface area contributed by atoms with Crippen molar-refractivity contribution < 1.29 is 69.8 Å². The first-order chi connectivity index (χ1) is 37.7. The highest BCUT2D eigenvalue weighted by Gasteiger charge is 2.41. The summed E-state index contributed by atoms with van der Waals surface area (Å²) in [5.74, 6) is -8.96. The van der Waals surface area contributed by atoms with Gasteiger partial charge in [0.2, 0.25) is 47.1 Å². The second-order valence-electron chi connectivity index (χ2n) is 20.8. The van der Waals surface area contributed by atoms with E-state index in [4.69, 9.17) is 8.60 Å². The summed E-state index contributed by atoms with van der Waals surface area (Å²) in [5.41, 5.74) is 1.34. The highest BCUT2D eigenvalue weighted by molar-refractivity contribution is 9.10. The Morgan fingerprint density at radius 3 is 2.27 bits per heavy atom. The number of hydrogen-bond acceptors (Lipinski definition) is 15. The standard InChI is InChI=1S/C53H75BrN10O15S/c1-9-14-36(60-49(71)42(28(6)10-2)63-51(73)44(29(7)11-3)79-80(75,76)77)47(69)61-37-15-12-21-55-46(68)39(25-34-33-24-32(65)18-19-35(33)59-45(34)54)58-41(66)20-17-31-26-78-52(57-31)30(8)56-50(72)43(67)38(23-27(4)5)62-48(70)40-16-13-22-64(40)53(37)74/h17-20,24,26-30,36-40,42,44,59,65H,9-16,21-23,25H2,1-8H3,(H,55,68)(H,56,72)(H,58,66)(H,60,71)(H,61,69)(H,62,70)(H,63,73)(H,75,76,77)/b20-17+/t28?,29-,30-,36-,37-,38-,39?,40-,42-,44-/m0/s1. The number of amides is 8. The Kier molecular flexibility index (Phi) is 23.4. The molecule has 1 aromatic carbocycles. The lowest BCUT2D eigenvalue weighted by molar-refractivity contribution is -0.144. The topological polar surface area (TPSA) is 367 Å². The van der Waals surface area contributed by atoms with Gasteiger partial charge >= 0.3 is 10.4 Å². The third kappa shape index (κ3) is 17.6. The Morgan fingerprint density at radius 1 is 0.900 bits per heavy atom. The van der Waals surface area contributed by atoms with Crippen molar-refractivity contribution in [2.24, 2.45) is 17.8 Å². The summed E-state index contributed by atoms with van der Waals surface area (Å²) in [6.07, 6.45) is 3.30. The number of aromatic amines is 1. The second-order valence-corrected chi connectivity index (χ2v) is 22.7. The second kappa shape index (κ2) is 29.1. The highest BCUT2D eigenvalue weighted by Crippen LogP contribution is 2.31. The molecule has 2 aliphatic heterocycles. The van der Waals surface area contributed by atoms with Gasteiger partial charge in [0, 0.05) is 36.5 Å². The van der Waals surface area contributed by atoms with Crippen molar-refractivity contribution in [2.75, 3.05) is 13.1 Å². The van der Waals surface area contributed by atoms with Crippen LogP contribution in [0.15, 0.2) is 39.6 Å². The zero-order valence-electron chi connectivity index (χ0n) is 46.2. The van der Waals surface area contributed by atoms with Crippen LogP contribution in [0.25, 0.3) is 17.0 Å². The molecule has 25 nitrogen and oxygen atoms in total. The van der Waals surface area contributed by atoms with Gasteiger partial charge in [-0.05, 0) is 109 Å². The normalized spacial score (nSPS) is 22.6.